The van der Waals surface area contributed by atoms with Crippen LogP contribution < -0.4 is 10.6 Å². The molecular formula is C24H29N3O2. The summed E-state index contributed by atoms with van der Waals surface area (Å²) in [6.07, 6.45) is 0.784. The van der Waals surface area contributed by atoms with Gasteiger partial charge in [0.05, 0.1) is 6.04 Å². The highest BCUT2D eigenvalue weighted by Gasteiger charge is 2.16. The maximum Gasteiger partial charge on any atom is 0.315 e. The van der Waals surface area contributed by atoms with E-state index in [0.717, 1.165) is 22.9 Å². The molecular weight excluding hydrogens is 362 g/mol. The van der Waals surface area contributed by atoms with Gasteiger partial charge in [-0.2, -0.15) is 0 Å². The van der Waals surface area contributed by atoms with E-state index in [4.69, 9.17) is 0 Å². The summed E-state index contributed by atoms with van der Waals surface area (Å²) in [7, 11) is 4.01. The van der Waals surface area contributed by atoms with Gasteiger partial charge >= 0.3 is 6.03 Å². The lowest BCUT2D eigenvalue weighted by Gasteiger charge is -2.25. The quantitative estimate of drug-likeness (QED) is 0.569. The van der Waals surface area contributed by atoms with E-state index in [9.17, 15) is 9.90 Å². The van der Waals surface area contributed by atoms with Gasteiger partial charge in [0.1, 0.15) is 5.75 Å². The Morgan fingerprint density at radius 1 is 1.00 bits per heavy atom. The molecule has 0 aliphatic heterocycles. The van der Waals surface area contributed by atoms with Crippen molar-refractivity contribution in [1.29, 1.82) is 0 Å². The standard InChI is InChI=1S/C24H29N3O2/c1-17(22-10-6-8-19-7-4-5-9-23(19)22)26-24(29)25-16-20(27(2)3)15-18-11-13-21(28)14-12-18/h4-14,17,20,28H,15-16H2,1-3H3,(H2,25,26,29)/t17-,20-/m0/s1. The molecule has 0 aliphatic rings. The molecule has 3 N–H and O–H groups in total. The van der Waals surface area contributed by atoms with Crippen molar-refractivity contribution in [2.45, 2.75) is 25.4 Å². The molecule has 2 atom stereocenters. The van der Waals surface area contributed by atoms with Crippen molar-refractivity contribution in [3.05, 3.63) is 77.9 Å². The summed E-state index contributed by atoms with van der Waals surface area (Å²) in [5.74, 6) is 0.259. The number of hydrogen-bond acceptors (Lipinski definition) is 3. The molecule has 0 fully saturated rings. The average molecular weight is 392 g/mol. The van der Waals surface area contributed by atoms with E-state index < -0.39 is 0 Å². The van der Waals surface area contributed by atoms with E-state index in [1.54, 1.807) is 12.1 Å². The van der Waals surface area contributed by atoms with Gasteiger partial charge in [-0.25, -0.2) is 4.79 Å². The van der Waals surface area contributed by atoms with E-state index in [0.29, 0.717) is 6.54 Å². The molecule has 0 aliphatic carbocycles. The van der Waals surface area contributed by atoms with Gasteiger partial charge in [0, 0.05) is 12.6 Å². The summed E-state index contributed by atoms with van der Waals surface area (Å²) in [5, 5.41) is 17.8. The molecule has 2 amide bonds. The van der Waals surface area contributed by atoms with Crippen LogP contribution in [0.25, 0.3) is 10.8 Å². The van der Waals surface area contributed by atoms with E-state index in [1.807, 2.05) is 51.4 Å². The largest absolute Gasteiger partial charge is 0.508 e. The molecule has 0 saturated heterocycles. The van der Waals surface area contributed by atoms with Crippen LogP contribution in [0.5, 0.6) is 5.75 Å². The Labute approximate surface area is 172 Å². The van der Waals surface area contributed by atoms with Crippen molar-refractivity contribution in [2.24, 2.45) is 0 Å². The van der Waals surface area contributed by atoms with Gasteiger partial charge in [-0.15, -0.1) is 0 Å². The van der Waals surface area contributed by atoms with Crippen molar-refractivity contribution < 1.29 is 9.90 Å². The fraction of sp³-hybridized carbons (Fsp3) is 0.292. The first-order valence-electron chi connectivity index (χ1n) is 9.90. The third kappa shape index (κ3) is 5.48. The van der Waals surface area contributed by atoms with Crippen molar-refractivity contribution in [3.63, 3.8) is 0 Å². The molecule has 0 radical (unpaired) electrons. The fourth-order valence-corrected chi connectivity index (χ4v) is 3.51. The topological polar surface area (TPSA) is 64.6 Å². The average Bonchev–Trinajstić information content (AvgIpc) is 2.71. The molecule has 3 rings (SSSR count). The predicted molar refractivity (Wildman–Crippen MR) is 118 cm³/mol. The zero-order chi connectivity index (χ0) is 20.8. The van der Waals surface area contributed by atoms with Gasteiger partial charge in [0.2, 0.25) is 0 Å². The first-order valence-corrected chi connectivity index (χ1v) is 9.90. The van der Waals surface area contributed by atoms with Crippen LogP contribution in [-0.2, 0) is 6.42 Å². The Hall–Kier alpha value is -3.05. The van der Waals surface area contributed by atoms with Crippen LogP contribution >= 0.6 is 0 Å². The number of urea groups is 1. The number of fused-ring (bicyclic) bond motifs is 1. The van der Waals surface area contributed by atoms with Crippen LogP contribution in [0.15, 0.2) is 66.7 Å². The molecule has 5 nitrogen and oxygen atoms in total. The Morgan fingerprint density at radius 2 is 1.69 bits per heavy atom. The fourth-order valence-electron chi connectivity index (χ4n) is 3.51. The molecule has 5 heteroatoms. The van der Waals surface area contributed by atoms with Crippen molar-refractivity contribution in [1.82, 2.24) is 15.5 Å². The zero-order valence-electron chi connectivity index (χ0n) is 17.2. The first kappa shape index (κ1) is 20.7. The summed E-state index contributed by atoms with van der Waals surface area (Å²) in [6, 6.07) is 21.4. The highest BCUT2D eigenvalue weighted by atomic mass is 16.3. The molecule has 0 aromatic heterocycles. The number of nitrogens with one attached hydrogen (secondary N) is 2. The molecule has 0 unspecified atom stereocenters. The molecule has 152 valence electrons. The van der Waals surface area contributed by atoms with Crippen LogP contribution in [-0.4, -0.2) is 42.7 Å². The minimum Gasteiger partial charge on any atom is -0.508 e. The van der Waals surface area contributed by atoms with Gasteiger partial charge in [-0.3, -0.25) is 0 Å². The number of hydrogen-bond donors (Lipinski definition) is 3. The van der Waals surface area contributed by atoms with Crippen molar-refractivity contribution in [3.8, 4) is 5.75 Å². The SMILES string of the molecule is C[C@H](NC(=O)NC[C@H](Cc1ccc(O)cc1)N(C)C)c1cccc2ccccc12. The van der Waals surface area contributed by atoms with Gasteiger partial charge in [0.15, 0.2) is 0 Å². The molecule has 29 heavy (non-hydrogen) atoms. The molecule has 0 heterocycles. The number of carbonyl (C=O) groups is 1. The van der Waals surface area contributed by atoms with Gasteiger partial charge in [-0.05, 0) is 61.5 Å². The molecule has 3 aromatic rings. The van der Waals surface area contributed by atoms with E-state index >= 15 is 0 Å². The van der Waals surface area contributed by atoms with Gasteiger partial charge < -0.3 is 20.6 Å². The lowest BCUT2D eigenvalue weighted by atomic mass is 10.00. The van der Waals surface area contributed by atoms with E-state index in [-0.39, 0.29) is 23.9 Å². The number of carbonyl (C=O) groups excluding carboxylic acids is 1. The third-order valence-electron chi connectivity index (χ3n) is 5.27. The minimum absolute atomic E-state index is 0.101. The highest BCUT2D eigenvalue weighted by Crippen LogP contribution is 2.23. The van der Waals surface area contributed by atoms with E-state index in [1.165, 1.54) is 5.39 Å². The Bertz CT molecular complexity index is 949. The lowest BCUT2D eigenvalue weighted by molar-refractivity contribution is 0.229. The second-order valence-electron chi connectivity index (χ2n) is 7.63. The van der Waals surface area contributed by atoms with Crippen LogP contribution in [0.4, 0.5) is 4.79 Å². The second kappa shape index (κ2) is 9.43. The summed E-state index contributed by atoms with van der Waals surface area (Å²) in [5.41, 5.74) is 2.22. The highest BCUT2D eigenvalue weighted by molar-refractivity contribution is 5.86. The number of rotatable bonds is 7. The first-order chi connectivity index (χ1) is 13.9. The third-order valence-corrected chi connectivity index (χ3v) is 5.27. The molecule has 0 spiro atoms. The van der Waals surface area contributed by atoms with Crippen LogP contribution in [0.2, 0.25) is 0 Å². The monoisotopic (exact) mass is 391 g/mol. The zero-order valence-corrected chi connectivity index (χ0v) is 17.2. The number of aromatic hydroxyl groups is 1. The number of likely N-dealkylation sites (N-methyl/N-ethyl adjacent to an activating group) is 1. The maximum absolute atomic E-state index is 12.5. The number of phenols is 1. The molecule has 0 saturated carbocycles. The van der Waals surface area contributed by atoms with E-state index in [2.05, 4.69) is 39.8 Å². The molecule has 0 bridgehead atoms. The number of phenolic OH excluding ortho intramolecular Hbond substituents is 1. The summed E-state index contributed by atoms with van der Waals surface area (Å²) in [6.45, 7) is 2.53. The Kier molecular flexibility index (Phi) is 6.73. The molecule has 3 aromatic carbocycles. The second-order valence-corrected chi connectivity index (χ2v) is 7.63. The number of benzene rings is 3. The van der Waals surface area contributed by atoms with Gasteiger partial charge in [0.25, 0.3) is 0 Å². The summed E-state index contributed by atoms with van der Waals surface area (Å²) >= 11 is 0. The van der Waals surface area contributed by atoms with Crippen LogP contribution in [0.3, 0.4) is 0 Å². The van der Waals surface area contributed by atoms with Crippen LogP contribution in [0.1, 0.15) is 24.1 Å². The lowest BCUT2D eigenvalue weighted by Crippen LogP contribution is -2.45. The van der Waals surface area contributed by atoms with Crippen molar-refractivity contribution >= 4 is 16.8 Å². The smallest absolute Gasteiger partial charge is 0.315 e. The Balaban J connectivity index is 1.59. The summed E-state index contributed by atoms with van der Waals surface area (Å²) < 4.78 is 0. The normalized spacial score (nSPS) is 13.2. The van der Waals surface area contributed by atoms with Crippen molar-refractivity contribution in [2.75, 3.05) is 20.6 Å². The number of amides is 2. The summed E-state index contributed by atoms with van der Waals surface area (Å²) in [4.78, 5) is 14.6. The maximum atomic E-state index is 12.5. The number of nitrogens with zero attached hydrogens (tertiary/aromatic N) is 1. The van der Waals surface area contributed by atoms with Crippen LogP contribution in [0, 0.1) is 0 Å². The minimum atomic E-state index is -0.178. The van der Waals surface area contributed by atoms with Gasteiger partial charge in [-0.1, -0.05) is 54.6 Å². The Morgan fingerprint density at radius 3 is 2.41 bits per heavy atom. The predicted octanol–water partition coefficient (Wildman–Crippen LogP) is 4.08.